The van der Waals surface area contributed by atoms with Crippen LogP contribution in [0.3, 0.4) is 0 Å². The summed E-state index contributed by atoms with van der Waals surface area (Å²) in [6.45, 7) is 2.98. The van der Waals surface area contributed by atoms with Crippen LogP contribution in [-0.2, 0) is 21.0 Å². The van der Waals surface area contributed by atoms with Gasteiger partial charge in [-0.3, -0.25) is 4.31 Å². The van der Waals surface area contributed by atoms with E-state index in [4.69, 9.17) is 9.84 Å². The first-order valence-corrected chi connectivity index (χ1v) is 10.9. The fourth-order valence-corrected chi connectivity index (χ4v) is 4.48. The van der Waals surface area contributed by atoms with Crippen LogP contribution in [-0.4, -0.2) is 32.1 Å². The van der Waals surface area contributed by atoms with Gasteiger partial charge in [-0.25, -0.2) is 13.2 Å². The van der Waals surface area contributed by atoms with E-state index in [1.807, 2.05) is 0 Å². The largest absolute Gasteiger partial charge is 0.487 e. The first kappa shape index (κ1) is 25.0. The molecule has 0 atom stereocenters. The number of benzene rings is 2. The van der Waals surface area contributed by atoms with Crippen LogP contribution >= 0.6 is 0 Å². The molecule has 0 bridgehead atoms. The van der Waals surface area contributed by atoms with Gasteiger partial charge in [-0.1, -0.05) is 30.4 Å². The lowest BCUT2D eigenvalue weighted by Gasteiger charge is -2.30. The summed E-state index contributed by atoms with van der Waals surface area (Å²) in [7, 11) is -4.10. The molecule has 0 aromatic heterocycles. The molecule has 32 heavy (non-hydrogen) atoms. The van der Waals surface area contributed by atoms with E-state index >= 15 is 0 Å². The lowest BCUT2D eigenvalue weighted by molar-refractivity contribution is -0.137. The maximum absolute atomic E-state index is 13.3. The van der Waals surface area contributed by atoms with Gasteiger partial charge in [-0.05, 0) is 50.3 Å². The highest BCUT2D eigenvalue weighted by Gasteiger charge is 2.34. The van der Waals surface area contributed by atoms with Crippen molar-refractivity contribution in [1.82, 2.24) is 0 Å². The quantitative estimate of drug-likeness (QED) is 0.418. The van der Waals surface area contributed by atoms with Gasteiger partial charge in [0.15, 0.2) is 0 Å². The number of alkyl halides is 3. The normalized spacial score (nSPS) is 12.6. The third kappa shape index (κ3) is 6.36. The molecule has 0 aliphatic rings. The molecule has 0 spiro atoms. The van der Waals surface area contributed by atoms with Gasteiger partial charge >= 0.3 is 12.1 Å². The second-order valence-electron chi connectivity index (χ2n) is 6.82. The molecule has 2 aromatic rings. The number of carbonyl (C=O) groups is 1. The molecular weight excluding hydrogens is 447 g/mol. The fraction of sp³-hybridized carbons (Fsp3) is 0.227. The first-order valence-electron chi connectivity index (χ1n) is 9.44. The third-order valence-corrected chi connectivity index (χ3v) is 6.12. The number of aliphatic carboxylic acids is 1. The number of ether oxygens (including phenoxy) is 1. The third-order valence-electron chi connectivity index (χ3n) is 4.11. The summed E-state index contributed by atoms with van der Waals surface area (Å²) in [6.07, 6.45) is 0.174. The summed E-state index contributed by atoms with van der Waals surface area (Å²) in [5.41, 5.74) is -1.04. The summed E-state index contributed by atoms with van der Waals surface area (Å²) in [5, 5.41) is 8.55. The van der Waals surface area contributed by atoms with Crippen LogP contribution in [0.5, 0.6) is 5.75 Å². The Bertz CT molecular complexity index is 1090. The minimum absolute atomic E-state index is 0.0155. The van der Waals surface area contributed by atoms with E-state index in [0.717, 1.165) is 28.6 Å². The average Bonchev–Trinajstić information content (AvgIpc) is 2.70. The summed E-state index contributed by atoms with van der Waals surface area (Å²) < 4.78 is 72.8. The maximum Gasteiger partial charge on any atom is 0.416 e. The SMILES string of the molecule is CC(C)N(c1ccc(C(F)(F)F)cc1OC/C=C/C=C/C(=O)O)S(=O)(=O)c1ccccc1. The minimum Gasteiger partial charge on any atom is -0.487 e. The zero-order valence-electron chi connectivity index (χ0n) is 17.3. The summed E-state index contributed by atoms with van der Waals surface area (Å²) >= 11 is 0. The van der Waals surface area contributed by atoms with Crippen LogP contribution in [0.2, 0.25) is 0 Å². The van der Waals surface area contributed by atoms with Gasteiger partial charge in [0.05, 0.1) is 16.1 Å². The van der Waals surface area contributed by atoms with E-state index in [9.17, 15) is 26.4 Å². The second-order valence-corrected chi connectivity index (χ2v) is 8.64. The Morgan fingerprint density at radius 3 is 2.34 bits per heavy atom. The number of anilines is 1. The number of rotatable bonds is 9. The number of nitrogens with zero attached hydrogens (tertiary/aromatic N) is 1. The van der Waals surface area contributed by atoms with Crippen molar-refractivity contribution in [3.63, 3.8) is 0 Å². The van der Waals surface area contributed by atoms with E-state index < -0.39 is 33.8 Å². The van der Waals surface area contributed by atoms with Gasteiger partial charge in [-0.15, -0.1) is 0 Å². The lowest BCUT2D eigenvalue weighted by Crippen LogP contribution is -2.37. The van der Waals surface area contributed by atoms with E-state index in [1.54, 1.807) is 32.0 Å². The molecule has 0 unspecified atom stereocenters. The molecular formula is C22H22F3NO5S. The van der Waals surface area contributed by atoms with E-state index in [-0.39, 0.29) is 22.9 Å². The van der Waals surface area contributed by atoms with E-state index in [1.165, 1.54) is 30.4 Å². The highest BCUT2D eigenvalue weighted by atomic mass is 32.2. The van der Waals surface area contributed by atoms with Gasteiger partial charge < -0.3 is 9.84 Å². The minimum atomic E-state index is -4.66. The van der Waals surface area contributed by atoms with Crippen LogP contribution in [0.25, 0.3) is 0 Å². The van der Waals surface area contributed by atoms with Crippen molar-refractivity contribution in [2.24, 2.45) is 0 Å². The predicted octanol–water partition coefficient (Wildman–Crippen LogP) is 4.88. The molecule has 172 valence electrons. The topological polar surface area (TPSA) is 83.9 Å². The van der Waals surface area contributed by atoms with Crippen LogP contribution in [0, 0.1) is 0 Å². The van der Waals surface area contributed by atoms with Crippen molar-refractivity contribution in [3.05, 3.63) is 78.4 Å². The van der Waals surface area contributed by atoms with Gasteiger partial charge in [0.1, 0.15) is 12.4 Å². The number of carboxylic acid groups (broad SMARTS) is 1. The molecule has 0 saturated carbocycles. The zero-order valence-corrected chi connectivity index (χ0v) is 18.1. The Morgan fingerprint density at radius 2 is 1.78 bits per heavy atom. The number of hydrogen-bond donors (Lipinski definition) is 1. The van der Waals surface area contributed by atoms with E-state index in [0.29, 0.717) is 0 Å². The van der Waals surface area contributed by atoms with Crippen LogP contribution in [0.4, 0.5) is 18.9 Å². The maximum atomic E-state index is 13.3. The molecule has 0 fully saturated rings. The van der Waals surface area contributed by atoms with Gasteiger partial charge in [0, 0.05) is 12.1 Å². The Morgan fingerprint density at radius 1 is 1.12 bits per heavy atom. The molecule has 0 aliphatic carbocycles. The average molecular weight is 469 g/mol. The van der Waals surface area contributed by atoms with Gasteiger partial charge in [-0.2, -0.15) is 13.2 Å². The first-order chi connectivity index (χ1) is 14.9. The fourth-order valence-electron chi connectivity index (χ4n) is 2.79. The van der Waals surface area contributed by atoms with Crippen molar-refractivity contribution in [3.8, 4) is 5.75 Å². The van der Waals surface area contributed by atoms with Crippen LogP contribution < -0.4 is 9.04 Å². The number of hydrogen-bond acceptors (Lipinski definition) is 4. The molecule has 2 rings (SSSR count). The molecule has 6 nitrogen and oxygen atoms in total. The summed E-state index contributed by atoms with van der Waals surface area (Å²) in [6, 6.07) is 9.50. The van der Waals surface area contributed by atoms with Crippen LogP contribution in [0.15, 0.2) is 77.7 Å². The predicted molar refractivity (Wildman–Crippen MR) is 114 cm³/mol. The molecule has 0 amide bonds. The number of carboxylic acids is 1. The highest BCUT2D eigenvalue weighted by molar-refractivity contribution is 7.92. The molecule has 0 saturated heterocycles. The zero-order chi connectivity index (χ0) is 23.9. The van der Waals surface area contributed by atoms with Crippen molar-refractivity contribution in [2.75, 3.05) is 10.9 Å². The summed E-state index contributed by atoms with van der Waals surface area (Å²) in [5.74, 6) is -1.44. The van der Waals surface area contributed by atoms with E-state index in [2.05, 4.69) is 0 Å². The standard InChI is InChI=1S/C22H22F3NO5S/c1-16(2)26(32(29,30)18-9-5-3-6-10-18)19-13-12-17(22(23,24)25)15-20(19)31-14-8-4-7-11-21(27)28/h3-13,15-16H,14H2,1-2H3,(H,27,28)/b8-4+,11-7+. The Hall–Kier alpha value is -3.27. The monoisotopic (exact) mass is 469 g/mol. The number of allylic oxidation sites excluding steroid dienone is 2. The Kier molecular flexibility index (Phi) is 8.09. The smallest absolute Gasteiger partial charge is 0.416 e. The number of sulfonamides is 1. The molecule has 0 radical (unpaired) electrons. The molecule has 0 aliphatic heterocycles. The Labute approximate surface area is 184 Å². The summed E-state index contributed by atoms with van der Waals surface area (Å²) in [4.78, 5) is 10.4. The lowest BCUT2D eigenvalue weighted by atomic mass is 10.1. The highest BCUT2D eigenvalue weighted by Crippen LogP contribution is 2.39. The molecule has 0 heterocycles. The molecule has 2 aromatic carbocycles. The van der Waals surface area contributed by atoms with Gasteiger partial charge in [0.25, 0.3) is 10.0 Å². The van der Waals surface area contributed by atoms with Crippen molar-refractivity contribution in [1.29, 1.82) is 0 Å². The van der Waals surface area contributed by atoms with Crippen molar-refractivity contribution < 1.29 is 36.2 Å². The van der Waals surface area contributed by atoms with Crippen molar-refractivity contribution >= 4 is 21.7 Å². The Balaban J connectivity index is 2.50. The number of halogens is 3. The molecule has 10 heteroatoms. The molecule has 1 N–H and O–H groups in total. The van der Waals surface area contributed by atoms with Crippen molar-refractivity contribution in [2.45, 2.75) is 31.0 Å². The van der Waals surface area contributed by atoms with Gasteiger partial charge in [0.2, 0.25) is 0 Å². The second kappa shape index (κ2) is 10.4. The van der Waals surface area contributed by atoms with Crippen LogP contribution in [0.1, 0.15) is 19.4 Å².